The van der Waals surface area contributed by atoms with Crippen LogP contribution in [0.4, 0.5) is 0 Å². The van der Waals surface area contributed by atoms with Crippen LogP contribution in [-0.4, -0.2) is 47.3 Å². The SMILES string of the molecule is C=CC.O=C(O)c1ccc(C(=O)OCCCCOC(=O)c2ccc(C(=O)O)cc2)cc1. The van der Waals surface area contributed by atoms with E-state index >= 15 is 0 Å². The number of carboxylic acid groups (broad SMARTS) is 2. The van der Waals surface area contributed by atoms with Gasteiger partial charge >= 0.3 is 23.9 Å². The van der Waals surface area contributed by atoms with Gasteiger partial charge in [-0.15, -0.1) is 6.58 Å². The first kappa shape index (κ1) is 25.1. The maximum Gasteiger partial charge on any atom is 0.338 e. The number of hydrogen-bond acceptors (Lipinski definition) is 6. The van der Waals surface area contributed by atoms with E-state index in [9.17, 15) is 19.2 Å². The number of carboxylic acids is 2. The average molecular weight is 428 g/mol. The molecule has 2 aromatic carbocycles. The Kier molecular flexibility index (Phi) is 10.8. The molecule has 0 atom stereocenters. The lowest BCUT2D eigenvalue weighted by Gasteiger charge is -2.07. The summed E-state index contributed by atoms with van der Waals surface area (Å²) in [5, 5.41) is 17.6. The smallest absolute Gasteiger partial charge is 0.338 e. The highest BCUT2D eigenvalue weighted by Gasteiger charge is 2.10. The van der Waals surface area contributed by atoms with Crippen molar-refractivity contribution >= 4 is 23.9 Å². The van der Waals surface area contributed by atoms with Crippen molar-refractivity contribution in [3.05, 3.63) is 83.4 Å². The van der Waals surface area contributed by atoms with Gasteiger partial charge in [-0.3, -0.25) is 0 Å². The van der Waals surface area contributed by atoms with E-state index in [1.807, 2.05) is 6.92 Å². The van der Waals surface area contributed by atoms with Crippen molar-refractivity contribution in [3.8, 4) is 0 Å². The molecule has 0 unspecified atom stereocenters. The van der Waals surface area contributed by atoms with Crippen molar-refractivity contribution in [2.24, 2.45) is 0 Å². The second-order valence-electron chi connectivity index (χ2n) is 6.15. The van der Waals surface area contributed by atoms with Crippen LogP contribution in [0, 0.1) is 0 Å². The van der Waals surface area contributed by atoms with Crippen LogP contribution in [0.1, 0.15) is 61.2 Å². The topological polar surface area (TPSA) is 127 Å². The van der Waals surface area contributed by atoms with Gasteiger partial charge in [-0.1, -0.05) is 6.08 Å². The minimum atomic E-state index is -1.08. The lowest BCUT2D eigenvalue weighted by atomic mass is 10.1. The summed E-state index contributed by atoms with van der Waals surface area (Å²) in [4.78, 5) is 45.2. The maximum absolute atomic E-state index is 11.8. The Labute approximate surface area is 179 Å². The standard InChI is InChI=1S/C20H18O8.C3H6/c21-17(22)13-3-7-15(8-4-13)19(25)27-11-1-2-12-28-20(26)16-9-5-14(6-10-16)18(23)24;1-3-2/h3-10H,1-2,11-12H2,(H,21,22)(H,23,24);3H,1H2,2H3. The lowest BCUT2D eigenvalue weighted by molar-refractivity contribution is 0.0432. The van der Waals surface area contributed by atoms with Gasteiger partial charge in [0.15, 0.2) is 0 Å². The minimum absolute atomic E-state index is 0.0796. The summed E-state index contributed by atoms with van der Waals surface area (Å²) in [6.07, 6.45) is 2.70. The fourth-order valence-corrected chi connectivity index (χ4v) is 2.20. The van der Waals surface area contributed by atoms with Crippen LogP contribution >= 0.6 is 0 Å². The zero-order chi connectivity index (χ0) is 23.2. The van der Waals surface area contributed by atoms with E-state index in [1.165, 1.54) is 48.5 Å². The fraction of sp³-hybridized carbons (Fsp3) is 0.217. The maximum atomic E-state index is 11.8. The van der Waals surface area contributed by atoms with Crippen LogP contribution in [0.25, 0.3) is 0 Å². The molecule has 2 N–H and O–H groups in total. The molecular weight excluding hydrogens is 404 g/mol. The zero-order valence-corrected chi connectivity index (χ0v) is 17.1. The van der Waals surface area contributed by atoms with Gasteiger partial charge in [0.1, 0.15) is 0 Å². The molecule has 0 bridgehead atoms. The molecule has 0 saturated carbocycles. The predicted octanol–water partition coefficient (Wildman–Crippen LogP) is 4.07. The molecule has 2 rings (SSSR count). The van der Waals surface area contributed by atoms with E-state index in [-0.39, 0.29) is 35.5 Å². The number of rotatable bonds is 9. The molecule has 8 heteroatoms. The largest absolute Gasteiger partial charge is 0.478 e. The van der Waals surface area contributed by atoms with Crippen molar-refractivity contribution in [3.63, 3.8) is 0 Å². The molecule has 0 radical (unpaired) electrons. The summed E-state index contributed by atoms with van der Waals surface area (Å²) in [6.45, 7) is 5.51. The van der Waals surface area contributed by atoms with Gasteiger partial charge < -0.3 is 19.7 Å². The first-order chi connectivity index (χ1) is 14.8. The number of allylic oxidation sites excluding steroid dienone is 1. The lowest BCUT2D eigenvalue weighted by Crippen LogP contribution is -2.10. The molecule has 0 spiro atoms. The highest BCUT2D eigenvalue weighted by Crippen LogP contribution is 2.08. The summed E-state index contributed by atoms with van der Waals surface area (Å²) in [6, 6.07) is 10.8. The van der Waals surface area contributed by atoms with E-state index in [2.05, 4.69) is 6.58 Å². The number of benzene rings is 2. The predicted molar refractivity (Wildman–Crippen MR) is 112 cm³/mol. The van der Waals surface area contributed by atoms with E-state index in [0.717, 1.165) is 0 Å². The van der Waals surface area contributed by atoms with Crippen molar-refractivity contribution in [1.29, 1.82) is 0 Å². The Morgan fingerprint density at radius 3 is 1.23 bits per heavy atom. The molecule has 0 saturated heterocycles. The number of unbranched alkanes of at least 4 members (excludes halogenated alkanes) is 1. The summed E-state index contributed by atoms with van der Waals surface area (Å²) in [5.41, 5.74) is 0.661. The van der Waals surface area contributed by atoms with Gasteiger partial charge in [0.2, 0.25) is 0 Å². The Morgan fingerprint density at radius 2 is 0.968 bits per heavy atom. The van der Waals surface area contributed by atoms with E-state index < -0.39 is 23.9 Å². The molecule has 0 aromatic heterocycles. The van der Waals surface area contributed by atoms with Crippen molar-refractivity contribution < 1.29 is 38.9 Å². The van der Waals surface area contributed by atoms with Crippen LogP contribution in [0.5, 0.6) is 0 Å². The Hall–Kier alpha value is -3.94. The number of aromatic carboxylic acids is 2. The quantitative estimate of drug-likeness (QED) is 0.348. The summed E-state index contributed by atoms with van der Waals surface area (Å²) in [7, 11) is 0. The first-order valence-electron chi connectivity index (χ1n) is 9.38. The highest BCUT2D eigenvalue weighted by molar-refractivity contribution is 5.93. The van der Waals surface area contributed by atoms with E-state index in [1.54, 1.807) is 6.08 Å². The summed E-state index contributed by atoms with van der Waals surface area (Å²) in [5.74, 6) is -3.28. The third-order valence-corrected chi connectivity index (χ3v) is 3.74. The first-order valence-corrected chi connectivity index (χ1v) is 9.38. The van der Waals surface area contributed by atoms with Gasteiger partial charge in [-0.2, -0.15) is 0 Å². The van der Waals surface area contributed by atoms with Crippen molar-refractivity contribution in [2.75, 3.05) is 13.2 Å². The Balaban J connectivity index is 0.00000151. The van der Waals surface area contributed by atoms with Crippen LogP contribution in [0.3, 0.4) is 0 Å². The van der Waals surface area contributed by atoms with Gasteiger partial charge in [-0.05, 0) is 68.3 Å². The van der Waals surface area contributed by atoms with Crippen LogP contribution in [-0.2, 0) is 9.47 Å². The number of ether oxygens (including phenoxy) is 2. The number of hydrogen-bond donors (Lipinski definition) is 2. The van der Waals surface area contributed by atoms with Crippen LogP contribution < -0.4 is 0 Å². The van der Waals surface area contributed by atoms with E-state index in [0.29, 0.717) is 12.8 Å². The molecular formula is C23H24O8. The fourth-order valence-electron chi connectivity index (χ4n) is 2.20. The second kappa shape index (κ2) is 13.3. The average Bonchev–Trinajstić information content (AvgIpc) is 2.76. The van der Waals surface area contributed by atoms with Gasteiger partial charge in [-0.25, -0.2) is 19.2 Å². The molecule has 0 aliphatic carbocycles. The third kappa shape index (κ3) is 8.95. The number of esters is 2. The molecule has 0 fully saturated rings. The normalized spacial score (nSPS) is 9.58. The van der Waals surface area contributed by atoms with Crippen molar-refractivity contribution in [1.82, 2.24) is 0 Å². The molecule has 8 nitrogen and oxygen atoms in total. The van der Waals surface area contributed by atoms with Gasteiger partial charge in [0.05, 0.1) is 35.5 Å². The second-order valence-corrected chi connectivity index (χ2v) is 6.15. The van der Waals surface area contributed by atoms with E-state index in [4.69, 9.17) is 19.7 Å². The zero-order valence-electron chi connectivity index (χ0n) is 17.1. The van der Waals surface area contributed by atoms with Crippen LogP contribution in [0.2, 0.25) is 0 Å². The molecule has 2 aromatic rings. The molecule has 0 aliphatic rings. The highest BCUT2D eigenvalue weighted by atomic mass is 16.5. The summed E-state index contributed by atoms with van der Waals surface area (Å²) < 4.78 is 10.1. The van der Waals surface area contributed by atoms with Gasteiger partial charge in [0, 0.05) is 0 Å². The van der Waals surface area contributed by atoms with Crippen LogP contribution in [0.15, 0.2) is 61.2 Å². The Bertz CT molecular complexity index is 825. The van der Waals surface area contributed by atoms with Gasteiger partial charge in [0.25, 0.3) is 0 Å². The molecule has 164 valence electrons. The Morgan fingerprint density at radius 1 is 0.710 bits per heavy atom. The molecule has 0 heterocycles. The monoisotopic (exact) mass is 428 g/mol. The molecule has 0 aliphatic heterocycles. The number of carbonyl (C=O) groups excluding carboxylic acids is 2. The molecule has 31 heavy (non-hydrogen) atoms. The molecule has 0 amide bonds. The minimum Gasteiger partial charge on any atom is -0.478 e. The number of carbonyl (C=O) groups is 4. The van der Waals surface area contributed by atoms with Crippen molar-refractivity contribution in [2.45, 2.75) is 19.8 Å². The summed E-state index contributed by atoms with van der Waals surface area (Å²) >= 11 is 0. The third-order valence-electron chi connectivity index (χ3n) is 3.74.